The van der Waals surface area contributed by atoms with Gasteiger partial charge in [0.2, 0.25) is 0 Å². The molecule has 1 saturated carbocycles. The van der Waals surface area contributed by atoms with Gasteiger partial charge in [0.15, 0.2) is 0 Å². The molecule has 2 atom stereocenters. The van der Waals surface area contributed by atoms with Crippen molar-refractivity contribution in [3.05, 3.63) is 0 Å². The molecule has 2 heteroatoms. The predicted octanol–water partition coefficient (Wildman–Crippen LogP) is 6.52. The highest BCUT2D eigenvalue weighted by molar-refractivity contribution is 4.81. The Morgan fingerprint density at radius 3 is 1.92 bits per heavy atom. The molecule has 2 fully saturated rings. The molecule has 0 aromatic carbocycles. The SMILES string of the molecule is CCCCCCC1CCC(C2COC(CCCCCC)CO2)CC1. The van der Waals surface area contributed by atoms with Gasteiger partial charge in [0.1, 0.15) is 0 Å². The van der Waals surface area contributed by atoms with Gasteiger partial charge < -0.3 is 9.47 Å². The molecule has 1 heterocycles. The quantitative estimate of drug-likeness (QED) is 0.399. The summed E-state index contributed by atoms with van der Waals surface area (Å²) in [4.78, 5) is 0. The molecule has 1 saturated heterocycles. The van der Waals surface area contributed by atoms with E-state index in [-0.39, 0.29) is 0 Å². The lowest BCUT2D eigenvalue weighted by molar-refractivity contribution is -0.157. The van der Waals surface area contributed by atoms with Crippen LogP contribution in [-0.4, -0.2) is 25.4 Å². The van der Waals surface area contributed by atoms with Crippen LogP contribution in [0.5, 0.6) is 0 Å². The van der Waals surface area contributed by atoms with Crippen molar-refractivity contribution < 1.29 is 9.47 Å². The van der Waals surface area contributed by atoms with Crippen molar-refractivity contribution in [2.75, 3.05) is 13.2 Å². The summed E-state index contributed by atoms with van der Waals surface area (Å²) in [6.07, 6.45) is 20.0. The van der Waals surface area contributed by atoms with Gasteiger partial charge in [0.25, 0.3) is 0 Å². The van der Waals surface area contributed by atoms with Gasteiger partial charge in [-0.05, 0) is 31.1 Å². The molecule has 0 amide bonds. The van der Waals surface area contributed by atoms with Crippen LogP contribution in [0.15, 0.2) is 0 Å². The second-order valence-corrected chi connectivity index (χ2v) is 8.31. The van der Waals surface area contributed by atoms with Crippen LogP contribution in [0.3, 0.4) is 0 Å². The molecule has 142 valence electrons. The molecular formula is C22H42O2. The molecule has 0 aromatic rings. The second kappa shape index (κ2) is 12.3. The first-order chi connectivity index (χ1) is 11.8. The van der Waals surface area contributed by atoms with Crippen LogP contribution >= 0.6 is 0 Å². The normalized spacial score (nSPS) is 31.2. The molecule has 0 bridgehead atoms. The van der Waals surface area contributed by atoms with Gasteiger partial charge >= 0.3 is 0 Å². The molecule has 2 nitrogen and oxygen atoms in total. The van der Waals surface area contributed by atoms with Gasteiger partial charge in [-0.2, -0.15) is 0 Å². The van der Waals surface area contributed by atoms with Gasteiger partial charge in [0.05, 0.1) is 25.4 Å². The van der Waals surface area contributed by atoms with E-state index in [9.17, 15) is 0 Å². The molecule has 0 aromatic heterocycles. The van der Waals surface area contributed by atoms with Crippen LogP contribution in [0.25, 0.3) is 0 Å². The van der Waals surface area contributed by atoms with Crippen LogP contribution in [0, 0.1) is 11.8 Å². The lowest BCUT2D eigenvalue weighted by Gasteiger charge is -2.38. The van der Waals surface area contributed by atoms with Gasteiger partial charge in [-0.1, -0.05) is 84.5 Å². The summed E-state index contributed by atoms with van der Waals surface area (Å²) in [5, 5.41) is 0. The van der Waals surface area contributed by atoms with Gasteiger partial charge in [-0.3, -0.25) is 0 Å². The lowest BCUT2D eigenvalue weighted by Crippen LogP contribution is -2.41. The van der Waals surface area contributed by atoms with E-state index in [4.69, 9.17) is 9.47 Å². The molecule has 2 rings (SSSR count). The number of rotatable bonds is 11. The van der Waals surface area contributed by atoms with E-state index >= 15 is 0 Å². The Bertz CT molecular complexity index is 258. The summed E-state index contributed by atoms with van der Waals surface area (Å²) in [7, 11) is 0. The Kier molecular flexibility index (Phi) is 10.4. The zero-order valence-corrected chi connectivity index (χ0v) is 16.4. The van der Waals surface area contributed by atoms with Crippen molar-refractivity contribution in [3.8, 4) is 0 Å². The highest BCUT2D eigenvalue weighted by atomic mass is 16.6. The van der Waals surface area contributed by atoms with E-state index in [1.54, 1.807) is 0 Å². The van der Waals surface area contributed by atoms with Gasteiger partial charge in [-0.25, -0.2) is 0 Å². The van der Waals surface area contributed by atoms with E-state index in [1.807, 2.05) is 0 Å². The zero-order valence-electron chi connectivity index (χ0n) is 16.4. The molecule has 0 radical (unpaired) electrons. The highest BCUT2D eigenvalue weighted by Crippen LogP contribution is 2.35. The summed E-state index contributed by atoms with van der Waals surface area (Å²) in [5.74, 6) is 1.76. The van der Waals surface area contributed by atoms with Crippen LogP contribution in [0.4, 0.5) is 0 Å². The third-order valence-electron chi connectivity index (χ3n) is 6.26. The predicted molar refractivity (Wildman–Crippen MR) is 102 cm³/mol. The van der Waals surface area contributed by atoms with E-state index in [0.717, 1.165) is 25.0 Å². The van der Waals surface area contributed by atoms with E-state index in [0.29, 0.717) is 12.2 Å². The van der Waals surface area contributed by atoms with Crippen molar-refractivity contribution in [2.45, 2.75) is 116 Å². The van der Waals surface area contributed by atoms with Gasteiger partial charge in [-0.15, -0.1) is 0 Å². The summed E-state index contributed by atoms with van der Waals surface area (Å²) < 4.78 is 12.3. The minimum absolute atomic E-state index is 0.369. The van der Waals surface area contributed by atoms with Crippen molar-refractivity contribution in [3.63, 3.8) is 0 Å². The van der Waals surface area contributed by atoms with Crippen molar-refractivity contribution >= 4 is 0 Å². The van der Waals surface area contributed by atoms with E-state index in [2.05, 4.69) is 13.8 Å². The fraction of sp³-hybridized carbons (Fsp3) is 1.00. The monoisotopic (exact) mass is 338 g/mol. The molecule has 0 N–H and O–H groups in total. The minimum atomic E-state index is 0.369. The van der Waals surface area contributed by atoms with Crippen molar-refractivity contribution in [2.24, 2.45) is 11.8 Å². The van der Waals surface area contributed by atoms with Crippen LogP contribution < -0.4 is 0 Å². The maximum atomic E-state index is 6.21. The number of ether oxygens (including phenoxy) is 2. The Morgan fingerprint density at radius 2 is 1.33 bits per heavy atom. The molecule has 2 aliphatic rings. The molecular weight excluding hydrogens is 296 g/mol. The summed E-state index contributed by atoms with van der Waals surface area (Å²) in [5.41, 5.74) is 0. The van der Waals surface area contributed by atoms with Crippen molar-refractivity contribution in [1.29, 1.82) is 0 Å². The highest BCUT2D eigenvalue weighted by Gasteiger charge is 2.31. The lowest BCUT2D eigenvalue weighted by atomic mass is 9.77. The standard InChI is InChI=1S/C22H42O2/c1-3-5-7-9-11-19-13-15-20(16-14-19)22-18-23-21(17-24-22)12-10-8-6-4-2/h19-22H,3-18H2,1-2H3. The molecule has 2 unspecified atom stereocenters. The maximum absolute atomic E-state index is 6.21. The van der Waals surface area contributed by atoms with Gasteiger partial charge in [0, 0.05) is 0 Å². The van der Waals surface area contributed by atoms with Crippen LogP contribution in [-0.2, 0) is 9.47 Å². The molecule has 24 heavy (non-hydrogen) atoms. The Balaban J connectivity index is 1.54. The first kappa shape index (κ1) is 20.2. The third-order valence-corrected chi connectivity index (χ3v) is 6.26. The molecule has 1 aliphatic heterocycles. The molecule has 0 spiro atoms. The fourth-order valence-corrected chi connectivity index (χ4v) is 4.50. The maximum Gasteiger partial charge on any atom is 0.0838 e. The average molecular weight is 339 g/mol. The summed E-state index contributed by atoms with van der Waals surface area (Å²) >= 11 is 0. The first-order valence-corrected chi connectivity index (χ1v) is 11.1. The minimum Gasteiger partial charge on any atom is -0.373 e. The Labute approximate surface area is 151 Å². The topological polar surface area (TPSA) is 18.5 Å². The largest absolute Gasteiger partial charge is 0.373 e. The number of hydrogen-bond acceptors (Lipinski definition) is 2. The third kappa shape index (κ3) is 7.44. The zero-order chi connectivity index (χ0) is 17.0. The molecule has 1 aliphatic carbocycles. The van der Waals surface area contributed by atoms with Crippen molar-refractivity contribution in [1.82, 2.24) is 0 Å². The summed E-state index contributed by atoms with van der Waals surface area (Å²) in [6.45, 7) is 6.26. The first-order valence-electron chi connectivity index (χ1n) is 11.1. The Hall–Kier alpha value is -0.0800. The van der Waals surface area contributed by atoms with E-state index in [1.165, 1.54) is 89.9 Å². The van der Waals surface area contributed by atoms with Crippen LogP contribution in [0.2, 0.25) is 0 Å². The average Bonchev–Trinajstić information content (AvgIpc) is 2.64. The second-order valence-electron chi connectivity index (χ2n) is 8.31. The van der Waals surface area contributed by atoms with E-state index < -0.39 is 0 Å². The number of unbranched alkanes of at least 4 members (excludes halogenated alkanes) is 6. The van der Waals surface area contributed by atoms with Crippen LogP contribution in [0.1, 0.15) is 104 Å². The Morgan fingerprint density at radius 1 is 0.667 bits per heavy atom. The summed E-state index contributed by atoms with van der Waals surface area (Å²) in [6, 6.07) is 0. The smallest absolute Gasteiger partial charge is 0.0838 e. The number of hydrogen-bond donors (Lipinski definition) is 0. The fourth-order valence-electron chi connectivity index (χ4n) is 4.50.